The van der Waals surface area contributed by atoms with Gasteiger partial charge < -0.3 is 19.9 Å². The number of piperazine rings is 1. The molecule has 2 aliphatic rings. The number of nitrogens with one attached hydrogen (secondary N) is 1. The molecule has 2 fully saturated rings. The molecule has 1 aromatic rings. The number of carbonyl (C=O) groups excluding carboxylic acids is 2. The minimum atomic E-state index is -0.509. The van der Waals surface area contributed by atoms with Crippen molar-refractivity contribution in [3.63, 3.8) is 0 Å². The Bertz CT molecular complexity index is 802. The van der Waals surface area contributed by atoms with Crippen molar-refractivity contribution in [2.24, 2.45) is 0 Å². The van der Waals surface area contributed by atoms with E-state index >= 15 is 0 Å². The van der Waals surface area contributed by atoms with Crippen LogP contribution in [0.5, 0.6) is 0 Å². The third-order valence-electron chi connectivity index (χ3n) is 4.29. The van der Waals surface area contributed by atoms with Crippen LogP contribution in [0.25, 0.3) is 6.08 Å². The molecule has 0 aliphatic carbocycles. The van der Waals surface area contributed by atoms with Crippen LogP contribution in [-0.4, -0.2) is 53.4 Å². The van der Waals surface area contributed by atoms with Crippen molar-refractivity contribution in [2.75, 3.05) is 31.1 Å². The maximum absolute atomic E-state index is 12.3. The maximum atomic E-state index is 12.3. The average molecular weight is 442 g/mol. The van der Waals surface area contributed by atoms with Gasteiger partial charge >= 0.3 is 6.09 Å². The van der Waals surface area contributed by atoms with Crippen LogP contribution in [0.2, 0.25) is 5.02 Å². The average Bonchev–Trinajstić information content (AvgIpc) is 2.92. The van der Waals surface area contributed by atoms with E-state index in [9.17, 15) is 9.59 Å². The first-order valence-corrected chi connectivity index (χ1v) is 10.8. The highest BCUT2D eigenvalue weighted by Crippen LogP contribution is 2.36. The van der Waals surface area contributed by atoms with E-state index in [1.165, 1.54) is 11.8 Å². The molecule has 152 valence electrons. The molecule has 28 heavy (non-hydrogen) atoms. The zero-order chi connectivity index (χ0) is 20.5. The third-order valence-corrected chi connectivity index (χ3v) is 5.97. The number of halogens is 1. The molecular weight excluding hydrogens is 418 g/mol. The lowest BCUT2D eigenvalue weighted by Crippen LogP contribution is -2.50. The Morgan fingerprint density at radius 1 is 1.32 bits per heavy atom. The Balaban J connectivity index is 1.75. The number of nitrogens with zero attached hydrogens (tertiary/aromatic N) is 2. The number of hydrogen-bond donors (Lipinski definition) is 2. The SMILES string of the molecule is CC(C)(C)OC(=O)N1CCN(c2cccc(Cl)c2/C=C2\SC(S)NC2=O)CC1. The number of benzene rings is 1. The highest BCUT2D eigenvalue weighted by Gasteiger charge is 2.28. The van der Waals surface area contributed by atoms with Gasteiger partial charge in [0.1, 0.15) is 10.3 Å². The zero-order valence-corrected chi connectivity index (χ0v) is 18.5. The van der Waals surface area contributed by atoms with E-state index in [-0.39, 0.29) is 16.7 Å². The zero-order valence-electron chi connectivity index (χ0n) is 16.1. The molecule has 1 aromatic carbocycles. The van der Waals surface area contributed by atoms with Gasteiger partial charge in [0.25, 0.3) is 5.91 Å². The molecule has 1 N–H and O–H groups in total. The minimum absolute atomic E-state index is 0.148. The van der Waals surface area contributed by atoms with Gasteiger partial charge in [-0.25, -0.2) is 4.79 Å². The van der Waals surface area contributed by atoms with Crippen LogP contribution in [0.4, 0.5) is 10.5 Å². The van der Waals surface area contributed by atoms with Gasteiger partial charge in [-0.1, -0.05) is 29.4 Å². The van der Waals surface area contributed by atoms with Gasteiger partial charge in [0.2, 0.25) is 0 Å². The standard InChI is InChI=1S/C19H24ClN3O3S2/c1-19(2,3)26-18(25)23-9-7-22(8-10-23)14-6-4-5-13(20)12(14)11-15-16(24)21-17(27)28-15/h4-6,11,17,27H,7-10H2,1-3H3,(H,21,24)/b15-11-. The molecular formula is C19H24ClN3O3S2. The topological polar surface area (TPSA) is 61.9 Å². The number of anilines is 1. The van der Waals surface area contributed by atoms with Gasteiger partial charge in [-0.2, -0.15) is 0 Å². The van der Waals surface area contributed by atoms with E-state index in [2.05, 4.69) is 22.8 Å². The van der Waals surface area contributed by atoms with Crippen molar-refractivity contribution < 1.29 is 14.3 Å². The van der Waals surface area contributed by atoms with Gasteiger partial charge in [0.15, 0.2) is 0 Å². The maximum Gasteiger partial charge on any atom is 0.410 e. The minimum Gasteiger partial charge on any atom is -0.444 e. The van der Waals surface area contributed by atoms with E-state index in [4.69, 9.17) is 16.3 Å². The number of carbonyl (C=O) groups is 2. The molecule has 0 radical (unpaired) electrons. The Morgan fingerprint density at radius 2 is 2.00 bits per heavy atom. The molecule has 2 aliphatic heterocycles. The number of rotatable bonds is 2. The van der Waals surface area contributed by atoms with Crippen LogP contribution in [0.1, 0.15) is 26.3 Å². The van der Waals surface area contributed by atoms with Gasteiger partial charge in [-0.15, -0.1) is 12.6 Å². The summed E-state index contributed by atoms with van der Waals surface area (Å²) in [6, 6.07) is 5.68. The fourth-order valence-corrected chi connectivity index (χ4v) is 4.46. The lowest BCUT2D eigenvalue weighted by Gasteiger charge is -2.37. The van der Waals surface area contributed by atoms with E-state index in [0.29, 0.717) is 36.1 Å². The normalized spacial score (nSPS) is 21.8. The number of thioether (sulfide) groups is 1. The van der Waals surface area contributed by atoms with E-state index in [1.807, 2.05) is 45.0 Å². The first kappa shape index (κ1) is 21.2. The smallest absolute Gasteiger partial charge is 0.410 e. The van der Waals surface area contributed by atoms with Crippen LogP contribution < -0.4 is 10.2 Å². The molecule has 9 heteroatoms. The summed E-state index contributed by atoms with van der Waals surface area (Å²) in [5.41, 5.74) is 1.24. The van der Waals surface area contributed by atoms with Crippen molar-refractivity contribution in [1.29, 1.82) is 0 Å². The van der Waals surface area contributed by atoms with Crippen LogP contribution in [-0.2, 0) is 9.53 Å². The molecule has 3 rings (SSSR count). The predicted molar refractivity (Wildman–Crippen MR) is 118 cm³/mol. The molecule has 1 atom stereocenters. The largest absolute Gasteiger partial charge is 0.444 e. The molecule has 0 saturated carbocycles. The molecule has 0 bridgehead atoms. The summed E-state index contributed by atoms with van der Waals surface area (Å²) in [5.74, 6) is -0.148. The highest BCUT2D eigenvalue weighted by molar-refractivity contribution is 8.14. The van der Waals surface area contributed by atoms with Gasteiger partial charge in [-0.05, 0) is 39.0 Å². The summed E-state index contributed by atoms with van der Waals surface area (Å²) in [6.45, 7) is 8.02. The fourth-order valence-electron chi connectivity index (χ4n) is 3.02. The Labute approximate surface area is 180 Å². The third kappa shape index (κ3) is 5.10. The fraction of sp³-hybridized carbons (Fsp3) is 0.474. The summed E-state index contributed by atoms with van der Waals surface area (Å²) in [4.78, 5) is 28.8. The van der Waals surface area contributed by atoms with E-state index in [0.717, 1.165) is 11.3 Å². The van der Waals surface area contributed by atoms with Gasteiger partial charge in [-0.3, -0.25) is 4.79 Å². The second kappa shape index (κ2) is 8.47. The number of amides is 2. The lowest BCUT2D eigenvalue weighted by atomic mass is 10.1. The van der Waals surface area contributed by atoms with Crippen molar-refractivity contribution in [3.05, 3.63) is 33.7 Å². The molecule has 6 nitrogen and oxygen atoms in total. The number of hydrogen-bond acceptors (Lipinski definition) is 6. The second-order valence-electron chi connectivity index (χ2n) is 7.58. The predicted octanol–water partition coefficient (Wildman–Crippen LogP) is 3.81. The van der Waals surface area contributed by atoms with Crippen LogP contribution in [0.3, 0.4) is 0 Å². The summed E-state index contributed by atoms with van der Waals surface area (Å²) in [5, 5.41) is 3.33. The van der Waals surface area contributed by atoms with Crippen molar-refractivity contribution in [2.45, 2.75) is 31.1 Å². The monoisotopic (exact) mass is 441 g/mol. The molecule has 2 heterocycles. The van der Waals surface area contributed by atoms with Crippen molar-refractivity contribution in [3.8, 4) is 0 Å². The first-order chi connectivity index (χ1) is 13.1. The van der Waals surface area contributed by atoms with Crippen LogP contribution in [0, 0.1) is 0 Å². The quantitative estimate of drug-likeness (QED) is 0.539. The molecule has 2 saturated heterocycles. The summed E-state index contributed by atoms with van der Waals surface area (Å²) >= 11 is 12.1. The Kier molecular flexibility index (Phi) is 6.41. The van der Waals surface area contributed by atoms with Gasteiger partial charge in [0.05, 0.1) is 4.91 Å². The van der Waals surface area contributed by atoms with Crippen LogP contribution in [0.15, 0.2) is 23.1 Å². The highest BCUT2D eigenvalue weighted by atomic mass is 35.5. The van der Waals surface area contributed by atoms with E-state index < -0.39 is 5.60 Å². The molecule has 2 amide bonds. The summed E-state index contributed by atoms with van der Waals surface area (Å²) in [7, 11) is 0. The van der Waals surface area contributed by atoms with Crippen LogP contribution >= 0.6 is 36.0 Å². The second-order valence-corrected chi connectivity index (χ2v) is 10.00. The molecule has 1 unspecified atom stereocenters. The molecule has 0 spiro atoms. The van der Waals surface area contributed by atoms with Crippen molar-refractivity contribution in [1.82, 2.24) is 10.2 Å². The van der Waals surface area contributed by atoms with Crippen molar-refractivity contribution >= 4 is 59.8 Å². The Morgan fingerprint density at radius 3 is 2.57 bits per heavy atom. The first-order valence-electron chi connectivity index (χ1n) is 9.03. The summed E-state index contributed by atoms with van der Waals surface area (Å²) < 4.78 is 5.21. The summed E-state index contributed by atoms with van der Waals surface area (Å²) in [6.07, 6.45) is 1.52. The Hall–Kier alpha value is -1.51. The van der Waals surface area contributed by atoms with E-state index in [1.54, 1.807) is 4.90 Å². The molecule has 0 aromatic heterocycles. The lowest BCUT2D eigenvalue weighted by molar-refractivity contribution is -0.116. The number of thiol groups is 1. The van der Waals surface area contributed by atoms with Gasteiger partial charge in [0, 0.05) is 42.5 Å². The number of ether oxygens (including phenoxy) is 1.